The lowest BCUT2D eigenvalue weighted by molar-refractivity contribution is 0.0606. The number of fused-ring (bicyclic) bond motifs is 3. The van der Waals surface area contributed by atoms with E-state index in [1.54, 1.807) is 12.1 Å². The van der Waals surface area contributed by atoms with Crippen molar-refractivity contribution in [3.63, 3.8) is 0 Å². The number of para-hydroxylation sites is 2. The number of piperidine rings is 1. The Kier molecular flexibility index (Phi) is 5.09. The molecule has 7 heteroatoms. The van der Waals surface area contributed by atoms with E-state index in [9.17, 15) is 9.18 Å². The van der Waals surface area contributed by atoms with Gasteiger partial charge < -0.3 is 13.7 Å². The van der Waals surface area contributed by atoms with Gasteiger partial charge in [-0.05, 0) is 49.6 Å². The van der Waals surface area contributed by atoms with E-state index in [2.05, 4.69) is 10.2 Å². The third kappa shape index (κ3) is 3.63. The summed E-state index contributed by atoms with van der Waals surface area (Å²) in [6.07, 6.45) is 3.26. The predicted molar refractivity (Wildman–Crippen MR) is 126 cm³/mol. The number of aromatic nitrogens is 2. The van der Waals surface area contributed by atoms with E-state index in [0.717, 1.165) is 35.6 Å². The average molecular weight is 455 g/mol. The molecule has 2 aromatic heterocycles. The Morgan fingerprint density at radius 1 is 0.971 bits per heavy atom. The highest BCUT2D eigenvalue weighted by molar-refractivity contribution is 6.13. The maximum Gasteiger partial charge on any atom is 0.257 e. The molecule has 6 rings (SSSR count). The Morgan fingerprint density at radius 3 is 2.74 bits per heavy atom. The summed E-state index contributed by atoms with van der Waals surface area (Å²) in [5.74, 6) is 0.293. The molecule has 3 heterocycles. The first-order valence-electron chi connectivity index (χ1n) is 11.5. The molecule has 0 N–H and O–H groups in total. The quantitative estimate of drug-likeness (QED) is 0.332. The Labute approximate surface area is 195 Å². The normalized spacial score (nSPS) is 16.4. The minimum absolute atomic E-state index is 0.0563. The molecule has 0 saturated carbocycles. The summed E-state index contributed by atoms with van der Waals surface area (Å²) in [5.41, 5.74) is 2.48. The summed E-state index contributed by atoms with van der Waals surface area (Å²) >= 11 is 0. The SMILES string of the molecule is O=C(c1cccc2c1oc1ccccc12)N1CCCCC1Cc1nnc(-c2cccc(F)c2)o1. The van der Waals surface area contributed by atoms with Gasteiger partial charge in [-0.15, -0.1) is 10.2 Å². The van der Waals surface area contributed by atoms with E-state index < -0.39 is 0 Å². The summed E-state index contributed by atoms with van der Waals surface area (Å²) in [7, 11) is 0. The van der Waals surface area contributed by atoms with Crippen LogP contribution in [0.15, 0.2) is 75.6 Å². The molecule has 1 aliphatic heterocycles. The van der Waals surface area contributed by atoms with Gasteiger partial charge in [0.05, 0.1) is 5.56 Å². The molecule has 0 radical (unpaired) electrons. The summed E-state index contributed by atoms with van der Waals surface area (Å²) in [4.78, 5) is 15.6. The lowest BCUT2D eigenvalue weighted by Crippen LogP contribution is -2.45. The second-order valence-electron chi connectivity index (χ2n) is 8.64. The van der Waals surface area contributed by atoms with E-state index in [-0.39, 0.29) is 23.7 Å². The van der Waals surface area contributed by atoms with Crippen LogP contribution in [0.25, 0.3) is 33.4 Å². The van der Waals surface area contributed by atoms with Crippen LogP contribution in [-0.2, 0) is 6.42 Å². The number of amides is 1. The van der Waals surface area contributed by atoms with Gasteiger partial charge in [0.2, 0.25) is 11.8 Å². The van der Waals surface area contributed by atoms with Crippen LogP contribution in [0.1, 0.15) is 35.5 Å². The predicted octanol–water partition coefficient (Wildman–Crippen LogP) is 6.01. The molecule has 3 aromatic carbocycles. The number of likely N-dealkylation sites (tertiary alicyclic amines) is 1. The number of furan rings is 1. The maximum atomic E-state index is 13.7. The largest absolute Gasteiger partial charge is 0.455 e. The number of hydrogen-bond acceptors (Lipinski definition) is 5. The fraction of sp³-hybridized carbons (Fsp3) is 0.222. The molecule has 0 bridgehead atoms. The van der Waals surface area contributed by atoms with Crippen LogP contribution in [-0.4, -0.2) is 33.6 Å². The Bertz CT molecular complexity index is 1510. The molecule has 0 spiro atoms. The van der Waals surface area contributed by atoms with Gasteiger partial charge in [-0.3, -0.25) is 4.79 Å². The molecule has 6 nitrogen and oxygen atoms in total. The van der Waals surface area contributed by atoms with Crippen molar-refractivity contribution >= 4 is 27.8 Å². The van der Waals surface area contributed by atoms with E-state index in [1.807, 2.05) is 47.4 Å². The van der Waals surface area contributed by atoms with E-state index in [0.29, 0.717) is 35.6 Å². The lowest BCUT2D eigenvalue weighted by Gasteiger charge is -2.35. The Balaban J connectivity index is 1.29. The van der Waals surface area contributed by atoms with Crippen LogP contribution in [0.5, 0.6) is 0 Å². The van der Waals surface area contributed by atoms with Gasteiger partial charge in [0.1, 0.15) is 17.0 Å². The van der Waals surface area contributed by atoms with E-state index >= 15 is 0 Å². The van der Waals surface area contributed by atoms with E-state index in [1.165, 1.54) is 12.1 Å². The van der Waals surface area contributed by atoms with Crippen molar-refractivity contribution in [3.05, 3.63) is 84.0 Å². The van der Waals surface area contributed by atoms with Crippen LogP contribution < -0.4 is 0 Å². The molecule has 1 unspecified atom stereocenters. The molecular formula is C27H22FN3O3. The zero-order valence-corrected chi connectivity index (χ0v) is 18.4. The first kappa shape index (κ1) is 20.6. The van der Waals surface area contributed by atoms with Crippen molar-refractivity contribution in [2.24, 2.45) is 0 Å². The van der Waals surface area contributed by atoms with Gasteiger partial charge in [0.15, 0.2) is 0 Å². The van der Waals surface area contributed by atoms with Crippen molar-refractivity contribution in [1.29, 1.82) is 0 Å². The lowest BCUT2D eigenvalue weighted by atomic mass is 9.97. The van der Waals surface area contributed by atoms with Crippen molar-refractivity contribution in [1.82, 2.24) is 15.1 Å². The zero-order valence-electron chi connectivity index (χ0n) is 18.4. The number of carbonyl (C=O) groups is 1. The smallest absolute Gasteiger partial charge is 0.257 e. The molecule has 1 amide bonds. The number of benzene rings is 3. The third-order valence-corrected chi connectivity index (χ3v) is 6.47. The fourth-order valence-electron chi connectivity index (χ4n) is 4.83. The molecule has 0 aliphatic carbocycles. The average Bonchev–Trinajstić information content (AvgIpc) is 3.49. The topological polar surface area (TPSA) is 72.4 Å². The van der Waals surface area contributed by atoms with Gasteiger partial charge in [-0.1, -0.05) is 36.4 Å². The minimum Gasteiger partial charge on any atom is -0.455 e. The first-order chi connectivity index (χ1) is 16.7. The van der Waals surface area contributed by atoms with Crippen LogP contribution in [0.3, 0.4) is 0 Å². The molecule has 1 saturated heterocycles. The number of hydrogen-bond donors (Lipinski definition) is 0. The van der Waals surface area contributed by atoms with Gasteiger partial charge in [-0.2, -0.15) is 0 Å². The number of carbonyl (C=O) groups excluding carboxylic acids is 1. The molecule has 1 fully saturated rings. The molecular weight excluding hydrogens is 433 g/mol. The first-order valence-corrected chi connectivity index (χ1v) is 11.5. The van der Waals surface area contributed by atoms with Crippen molar-refractivity contribution < 1.29 is 18.0 Å². The standard InChI is InChI=1S/C27H22FN3O3/c28-18-8-5-7-17(15-18)26-30-29-24(34-26)16-19-9-3-4-14-31(19)27(32)22-12-6-11-21-20-10-1-2-13-23(20)33-25(21)22/h1-2,5-8,10-13,15,19H,3-4,9,14,16H2. The zero-order chi connectivity index (χ0) is 23.1. The third-order valence-electron chi connectivity index (χ3n) is 6.47. The highest BCUT2D eigenvalue weighted by Gasteiger charge is 2.31. The molecule has 1 aliphatic rings. The molecule has 5 aromatic rings. The minimum atomic E-state index is -0.360. The van der Waals surface area contributed by atoms with Crippen LogP contribution in [0.4, 0.5) is 4.39 Å². The molecule has 1 atom stereocenters. The van der Waals surface area contributed by atoms with Gasteiger partial charge in [0.25, 0.3) is 5.91 Å². The van der Waals surface area contributed by atoms with Crippen LogP contribution in [0.2, 0.25) is 0 Å². The Hall–Kier alpha value is -4.00. The second kappa shape index (κ2) is 8.41. The number of halogens is 1. The van der Waals surface area contributed by atoms with E-state index in [4.69, 9.17) is 8.83 Å². The summed E-state index contributed by atoms with van der Waals surface area (Å²) < 4.78 is 25.5. The van der Waals surface area contributed by atoms with Gasteiger partial charge in [-0.25, -0.2) is 4.39 Å². The highest BCUT2D eigenvalue weighted by atomic mass is 19.1. The maximum absolute atomic E-state index is 13.7. The molecule has 170 valence electrons. The number of nitrogens with zero attached hydrogens (tertiary/aromatic N) is 3. The number of rotatable bonds is 4. The van der Waals surface area contributed by atoms with Crippen molar-refractivity contribution in [2.45, 2.75) is 31.7 Å². The summed E-state index contributed by atoms with van der Waals surface area (Å²) in [5, 5.41) is 10.2. The van der Waals surface area contributed by atoms with Crippen LogP contribution in [0, 0.1) is 5.82 Å². The van der Waals surface area contributed by atoms with Gasteiger partial charge in [0, 0.05) is 35.3 Å². The van der Waals surface area contributed by atoms with Gasteiger partial charge >= 0.3 is 0 Å². The molecule has 34 heavy (non-hydrogen) atoms. The van der Waals surface area contributed by atoms with Crippen molar-refractivity contribution in [2.75, 3.05) is 6.54 Å². The summed E-state index contributed by atoms with van der Waals surface area (Å²) in [6, 6.07) is 19.5. The van der Waals surface area contributed by atoms with Crippen LogP contribution >= 0.6 is 0 Å². The monoisotopic (exact) mass is 455 g/mol. The van der Waals surface area contributed by atoms with Crippen molar-refractivity contribution in [3.8, 4) is 11.5 Å². The highest BCUT2D eigenvalue weighted by Crippen LogP contribution is 2.32. The summed E-state index contributed by atoms with van der Waals surface area (Å²) in [6.45, 7) is 0.658. The second-order valence-corrected chi connectivity index (χ2v) is 8.64. The fourth-order valence-corrected chi connectivity index (χ4v) is 4.83. The Morgan fingerprint density at radius 2 is 1.82 bits per heavy atom.